The minimum absolute atomic E-state index is 0.507. The highest BCUT2D eigenvalue weighted by molar-refractivity contribution is 5.48. The summed E-state index contributed by atoms with van der Waals surface area (Å²) in [7, 11) is 0. The molecule has 2 N–H and O–H groups in total. The van der Waals surface area contributed by atoms with Crippen LogP contribution in [0.2, 0.25) is 0 Å². The van der Waals surface area contributed by atoms with Gasteiger partial charge in [-0.3, -0.25) is 4.98 Å². The van der Waals surface area contributed by atoms with Gasteiger partial charge < -0.3 is 10.6 Å². The molecule has 3 unspecified atom stereocenters. The van der Waals surface area contributed by atoms with Crippen LogP contribution in [-0.2, 0) is 6.54 Å². The van der Waals surface area contributed by atoms with E-state index in [1.165, 1.54) is 25.7 Å². The van der Waals surface area contributed by atoms with Crippen LogP contribution < -0.4 is 10.6 Å². The average molecular weight is 323 g/mol. The van der Waals surface area contributed by atoms with Crippen LogP contribution in [0, 0.1) is 25.7 Å². The number of fused-ring (bicyclic) bond motifs is 2. The Morgan fingerprint density at radius 3 is 2.67 bits per heavy atom. The quantitative estimate of drug-likeness (QED) is 0.935. The van der Waals surface area contributed by atoms with Crippen LogP contribution in [0.5, 0.6) is 0 Å². The molecule has 0 aromatic carbocycles. The lowest BCUT2D eigenvalue weighted by Crippen LogP contribution is -2.40. The molecule has 0 saturated heterocycles. The standard InChI is InChI=1S/C19H25N5/c1-12-13(2)22-19(23-18(12)20)24(11-16-5-3-4-8-21-16)17-10-14-6-7-15(17)9-14/h3-5,8,14-15,17H,6-7,9-11H2,1-2H3,(H2,20,22,23). The second-order valence-corrected chi connectivity index (χ2v) is 7.31. The van der Waals surface area contributed by atoms with Crippen LogP contribution in [0.15, 0.2) is 24.4 Å². The normalized spacial score (nSPS) is 25.2. The molecular formula is C19H25N5. The summed E-state index contributed by atoms with van der Waals surface area (Å²) in [4.78, 5) is 16.3. The van der Waals surface area contributed by atoms with Gasteiger partial charge >= 0.3 is 0 Å². The Labute approximate surface area is 143 Å². The second-order valence-electron chi connectivity index (χ2n) is 7.31. The fourth-order valence-electron chi connectivity index (χ4n) is 4.36. The molecule has 0 radical (unpaired) electrons. The Balaban J connectivity index is 1.70. The summed E-state index contributed by atoms with van der Waals surface area (Å²) in [5.41, 5.74) is 9.13. The number of nitrogens with two attached hydrogens (primary N) is 1. The molecule has 2 aliphatic carbocycles. The average Bonchev–Trinajstić information content (AvgIpc) is 3.21. The van der Waals surface area contributed by atoms with E-state index < -0.39 is 0 Å². The molecule has 0 aliphatic heterocycles. The van der Waals surface area contributed by atoms with E-state index >= 15 is 0 Å². The summed E-state index contributed by atoms with van der Waals surface area (Å²) >= 11 is 0. The number of aromatic nitrogens is 3. The fourth-order valence-corrected chi connectivity index (χ4v) is 4.36. The number of pyridine rings is 1. The first-order valence-electron chi connectivity index (χ1n) is 8.89. The molecule has 0 spiro atoms. The molecule has 126 valence electrons. The predicted octanol–water partition coefficient (Wildman–Crippen LogP) is 3.27. The van der Waals surface area contributed by atoms with Crippen molar-refractivity contribution in [3.05, 3.63) is 41.3 Å². The molecule has 2 aliphatic rings. The van der Waals surface area contributed by atoms with E-state index in [4.69, 9.17) is 10.7 Å². The maximum absolute atomic E-state index is 6.13. The van der Waals surface area contributed by atoms with E-state index in [1.54, 1.807) is 0 Å². The Morgan fingerprint density at radius 2 is 2.04 bits per heavy atom. The predicted molar refractivity (Wildman–Crippen MR) is 95.6 cm³/mol. The van der Waals surface area contributed by atoms with Crippen LogP contribution in [-0.4, -0.2) is 21.0 Å². The molecule has 2 aromatic heterocycles. The van der Waals surface area contributed by atoms with Crippen molar-refractivity contribution in [3.8, 4) is 0 Å². The third-order valence-electron chi connectivity index (χ3n) is 5.83. The van der Waals surface area contributed by atoms with Gasteiger partial charge in [-0.05, 0) is 57.1 Å². The molecule has 5 nitrogen and oxygen atoms in total. The Morgan fingerprint density at radius 1 is 1.17 bits per heavy atom. The van der Waals surface area contributed by atoms with Crippen molar-refractivity contribution in [1.82, 2.24) is 15.0 Å². The van der Waals surface area contributed by atoms with Crippen molar-refractivity contribution in [3.63, 3.8) is 0 Å². The van der Waals surface area contributed by atoms with Gasteiger partial charge in [-0.15, -0.1) is 0 Å². The zero-order valence-electron chi connectivity index (χ0n) is 14.4. The molecule has 2 bridgehead atoms. The van der Waals surface area contributed by atoms with Gasteiger partial charge in [0, 0.05) is 23.5 Å². The second kappa shape index (κ2) is 6.04. The minimum Gasteiger partial charge on any atom is -0.383 e. The Kier molecular flexibility index (Phi) is 3.87. The summed E-state index contributed by atoms with van der Waals surface area (Å²) < 4.78 is 0. The fraction of sp³-hybridized carbons (Fsp3) is 0.526. The lowest BCUT2D eigenvalue weighted by atomic mass is 9.94. The molecule has 3 atom stereocenters. The van der Waals surface area contributed by atoms with E-state index in [0.29, 0.717) is 11.9 Å². The summed E-state index contributed by atoms with van der Waals surface area (Å²) in [5, 5.41) is 0. The van der Waals surface area contributed by atoms with Crippen LogP contribution >= 0.6 is 0 Å². The first-order chi connectivity index (χ1) is 11.6. The lowest BCUT2D eigenvalue weighted by Gasteiger charge is -2.35. The van der Waals surface area contributed by atoms with Crippen molar-refractivity contribution >= 4 is 11.8 Å². The zero-order valence-corrected chi connectivity index (χ0v) is 14.4. The van der Waals surface area contributed by atoms with Crippen molar-refractivity contribution in [2.45, 2.75) is 52.1 Å². The minimum atomic E-state index is 0.507. The summed E-state index contributed by atoms with van der Waals surface area (Å²) in [6, 6.07) is 6.57. The number of nitrogen functional groups attached to an aromatic ring is 1. The number of aryl methyl sites for hydroxylation is 1. The molecule has 5 heteroatoms. The number of hydrogen-bond acceptors (Lipinski definition) is 5. The van der Waals surface area contributed by atoms with Gasteiger partial charge in [-0.2, -0.15) is 4.98 Å². The third kappa shape index (κ3) is 2.72. The molecular weight excluding hydrogens is 298 g/mol. The number of hydrogen-bond donors (Lipinski definition) is 1. The summed E-state index contributed by atoms with van der Waals surface area (Å²) in [5.74, 6) is 2.98. The lowest BCUT2D eigenvalue weighted by molar-refractivity contribution is 0.386. The van der Waals surface area contributed by atoms with Crippen LogP contribution in [0.1, 0.15) is 42.6 Å². The van der Waals surface area contributed by atoms with Gasteiger partial charge in [-0.1, -0.05) is 12.5 Å². The smallest absolute Gasteiger partial charge is 0.228 e. The molecule has 4 rings (SSSR count). The van der Waals surface area contributed by atoms with E-state index in [0.717, 1.165) is 41.3 Å². The zero-order chi connectivity index (χ0) is 16.7. The van der Waals surface area contributed by atoms with Gasteiger partial charge in [0.15, 0.2) is 0 Å². The molecule has 2 saturated carbocycles. The molecule has 2 fully saturated rings. The highest BCUT2D eigenvalue weighted by Gasteiger charge is 2.43. The Bertz CT molecular complexity index is 707. The Hall–Kier alpha value is -2.17. The first kappa shape index (κ1) is 15.4. The van der Waals surface area contributed by atoms with Crippen LogP contribution in [0.3, 0.4) is 0 Å². The summed E-state index contributed by atoms with van der Waals surface area (Å²) in [6.07, 6.45) is 7.16. The van der Waals surface area contributed by atoms with Crippen molar-refractivity contribution < 1.29 is 0 Å². The van der Waals surface area contributed by atoms with E-state index in [1.807, 2.05) is 32.2 Å². The highest BCUT2D eigenvalue weighted by atomic mass is 15.3. The van der Waals surface area contributed by atoms with Gasteiger partial charge in [0.2, 0.25) is 5.95 Å². The van der Waals surface area contributed by atoms with Gasteiger partial charge in [-0.25, -0.2) is 4.98 Å². The van der Waals surface area contributed by atoms with Crippen molar-refractivity contribution in [2.75, 3.05) is 10.6 Å². The van der Waals surface area contributed by atoms with Crippen LogP contribution in [0.25, 0.3) is 0 Å². The number of nitrogens with zero attached hydrogens (tertiary/aromatic N) is 4. The van der Waals surface area contributed by atoms with E-state index in [9.17, 15) is 0 Å². The van der Waals surface area contributed by atoms with Crippen LogP contribution in [0.4, 0.5) is 11.8 Å². The van der Waals surface area contributed by atoms with Gasteiger partial charge in [0.25, 0.3) is 0 Å². The largest absolute Gasteiger partial charge is 0.383 e. The maximum Gasteiger partial charge on any atom is 0.228 e. The molecule has 2 heterocycles. The third-order valence-corrected chi connectivity index (χ3v) is 5.83. The number of anilines is 2. The summed E-state index contributed by atoms with van der Waals surface area (Å²) in [6.45, 7) is 4.74. The van der Waals surface area contributed by atoms with E-state index in [2.05, 4.69) is 20.9 Å². The highest BCUT2D eigenvalue weighted by Crippen LogP contribution is 2.47. The topological polar surface area (TPSA) is 67.9 Å². The molecule has 2 aromatic rings. The van der Waals surface area contributed by atoms with Gasteiger partial charge in [0.05, 0.1) is 12.2 Å². The first-order valence-corrected chi connectivity index (χ1v) is 8.89. The molecule has 0 amide bonds. The number of rotatable bonds is 4. The SMILES string of the molecule is Cc1nc(N(Cc2ccccn2)C2CC3CCC2C3)nc(N)c1C. The molecule has 24 heavy (non-hydrogen) atoms. The monoisotopic (exact) mass is 323 g/mol. The maximum atomic E-state index is 6.13. The van der Waals surface area contributed by atoms with E-state index in [-0.39, 0.29) is 0 Å². The van der Waals surface area contributed by atoms with Gasteiger partial charge in [0.1, 0.15) is 5.82 Å². The van der Waals surface area contributed by atoms with Crippen molar-refractivity contribution in [1.29, 1.82) is 0 Å². The van der Waals surface area contributed by atoms with Crippen molar-refractivity contribution in [2.24, 2.45) is 11.8 Å².